The van der Waals surface area contributed by atoms with Gasteiger partial charge in [0.2, 0.25) is 5.78 Å². The smallest absolute Gasteiger partial charge is 0.212 e. The van der Waals surface area contributed by atoms with Crippen molar-refractivity contribution in [2.24, 2.45) is 21.8 Å². The van der Waals surface area contributed by atoms with Gasteiger partial charge < -0.3 is 0 Å². The third-order valence-electron chi connectivity index (χ3n) is 7.88. The minimum absolute atomic E-state index is 0.0328. The summed E-state index contributed by atoms with van der Waals surface area (Å²) in [6.45, 7) is 0.833. The normalized spacial score (nSPS) is 21.5. The summed E-state index contributed by atoms with van der Waals surface area (Å²) in [5.74, 6) is 1.88. The number of Topliss-reactive ketones (excluding diaryl/α,β-unsaturated/α-hetero) is 1. The lowest BCUT2D eigenvalue weighted by Gasteiger charge is -2.21. The van der Waals surface area contributed by atoms with Gasteiger partial charge in [0.25, 0.3) is 0 Å². The monoisotopic (exact) mass is 446 g/mol. The zero-order valence-corrected chi connectivity index (χ0v) is 20.4. The van der Waals surface area contributed by atoms with Crippen LogP contribution in [0, 0.1) is 11.8 Å². The average molecular weight is 447 g/mol. The molecule has 0 radical (unpaired) electrons. The lowest BCUT2D eigenvalue weighted by molar-refractivity contribution is 0.103. The summed E-state index contributed by atoms with van der Waals surface area (Å²) >= 11 is 0. The van der Waals surface area contributed by atoms with Crippen LogP contribution in [0.25, 0.3) is 0 Å². The Morgan fingerprint density at radius 3 is 2.12 bits per heavy atom. The molecule has 1 aromatic rings. The number of fused-ring (bicyclic) bond motifs is 1. The van der Waals surface area contributed by atoms with Gasteiger partial charge in [-0.1, -0.05) is 108 Å². The predicted octanol–water partition coefficient (Wildman–Crippen LogP) is 8.13. The highest BCUT2D eigenvalue weighted by Gasteiger charge is 2.23. The summed E-state index contributed by atoms with van der Waals surface area (Å²) in [6.07, 6.45) is 25.2. The number of carbonyl (C=O) groups is 1. The quantitative estimate of drug-likeness (QED) is 0.264. The molecular formula is C30H42N2O. The second-order valence-corrected chi connectivity index (χ2v) is 10.4. The highest BCUT2D eigenvalue weighted by Crippen LogP contribution is 2.29. The number of hydrogen-bond acceptors (Lipinski definition) is 3. The van der Waals surface area contributed by atoms with Crippen LogP contribution in [0.2, 0.25) is 0 Å². The summed E-state index contributed by atoms with van der Waals surface area (Å²) in [7, 11) is 0. The summed E-state index contributed by atoms with van der Waals surface area (Å²) < 4.78 is 0. The molecule has 2 fully saturated rings. The minimum atomic E-state index is 0.0328. The molecule has 3 aliphatic carbocycles. The first-order chi connectivity index (χ1) is 16.3. The van der Waals surface area contributed by atoms with Crippen molar-refractivity contribution in [3.63, 3.8) is 0 Å². The van der Waals surface area contributed by atoms with E-state index >= 15 is 0 Å². The van der Waals surface area contributed by atoms with Crippen LogP contribution >= 0.6 is 0 Å². The van der Waals surface area contributed by atoms with E-state index in [9.17, 15) is 4.79 Å². The number of carbonyl (C=O) groups excluding carboxylic acids is 1. The van der Waals surface area contributed by atoms with Crippen LogP contribution in [-0.4, -0.2) is 24.3 Å². The highest BCUT2D eigenvalue weighted by molar-refractivity contribution is 6.26. The predicted molar refractivity (Wildman–Crippen MR) is 140 cm³/mol. The van der Waals surface area contributed by atoms with Crippen molar-refractivity contribution >= 4 is 17.7 Å². The summed E-state index contributed by atoms with van der Waals surface area (Å²) in [5.41, 5.74) is 3.19. The maximum absolute atomic E-state index is 13.0. The van der Waals surface area contributed by atoms with Gasteiger partial charge in [-0.15, -0.1) is 0 Å². The SMILES string of the molecule is O=C1C(N=CCCCC2CCCCC2)=CC(=NCCCCC2CCCCC2)c2ccccc21. The van der Waals surface area contributed by atoms with Crippen molar-refractivity contribution in [2.75, 3.05) is 6.54 Å². The molecular weight excluding hydrogens is 404 g/mol. The summed E-state index contributed by atoms with van der Waals surface area (Å²) in [5, 5.41) is 0. The van der Waals surface area contributed by atoms with Crippen molar-refractivity contribution in [2.45, 2.75) is 103 Å². The maximum atomic E-state index is 13.0. The topological polar surface area (TPSA) is 41.8 Å². The molecule has 0 amide bonds. The number of nitrogens with zero attached hydrogens (tertiary/aromatic N) is 2. The summed E-state index contributed by atoms with van der Waals surface area (Å²) in [4.78, 5) is 22.5. The molecule has 3 nitrogen and oxygen atoms in total. The average Bonchev–Trinajstić information content (AvgIpc) is 2.87. The van der Waals surface area contributed by atoms with Crippen LogP contribution in [0.4, 0.5) is 0 Å². The number of unbranched alkanes of at least 4 members (excludes halogenated alkanes) is 2. The molecule has 3 heteroatoms. The Kier molecular flexibility index (Phi) is 9.50. The third-order valence-corrected chi connectivity index (χ3v) is 7.88. The molecule has 0 spiro atoms. The summed E-state index contributed by atoms with van der Waals surface area (Å²) in [6, 6.07) is 7.88. The Morgan fingerprint density at radius 1 is 0.788 bits per heavy atom. The molecule has 178 valence electrons. The van der Waals surface area contributed by atoms with Crippen LogP contribution < -0.4 is 0 Å². The van der Waals surface area contributed by atoms with Crippen LogP contribution in [0.5, 0.6) is 0 Å². The standard InChI is InChI=1S/C30H42N2O/c33-30-27-20-8-7-19-26(27)28(31-21-11-9-17-24-13-3-1-4-14-24)23-29(30)32-22-12-10-18-25-15-5-2-6-16-25/h7-8,19-20,22-25H,1-6,9-18,21H2. The number of aliphatic imine (C=N–C) groups is 2. The molecule has 0 heterocycles. The van der Waals surface area contributed by atoms with E-state index in [-0.39, 0.29) is 5.78 Å². The molecule has 0 unspecified atom stereocenters. The van der Waals surface area contributed by atoms with E-state index in [1.54, 1.807) is 0 Å². The molecule has 4 rings (SSSR count). The highest BCUT2D eigenvalue weighted by atomic mass is 16.1. The van der Waals surface area contributed by atoms with Gasteiger partial charge in [0.1, 0.15) is 5.70 Å². The van der Waals surface area contributed by atoms with Crippen molar-refractivity contribution in [3.05, 3.63) is 47.2 Å². The molecule has 2 saturated carbocycles. The number of hydrogen-bond donors (Lipinski definition) is 0. The van der Waals surface area contributed by atoms with Gasteiger partial charge >= 0.3 is 0 Å². The number of ketones is 1. The molecule has 0 bridgehead atoms. The zero-order chi connectivity index (χ0) is 22.7. The molecule has 0 aliphatic heterocycles. The molecule has 0 saturated heterocycles. The van der Waals surface area contributed by atoms with Crippen molar-refractivity contribution in [1.29, 1.82) is 0 Å². The Labute approximate surface area is 200 Å². The molecule has 3 aliphatic rings. The van der Waals surface area contributed by atoms with E-state index in [0.29, 0.717) is 5.70 Å². The minimum Gasteiger partial charge on any atom is -0.287 e. The number of allylic oxidation sites excluding steroid dienone is 2. The number of rotatable bonds is 10. The fourth-order valence-corrected chi connectivity index (χ4v) is 5.90. The lowest BCUT2D eigenvalue weighted by Crippen LogP contribution is -2.17. The third kappa shape index (κ3) is 7.22. The van der Waals surface area contributed by atoms with Crippen LogP contribution in [0.3, 0.4) is 0 Å². The second kappa shape index (κ2) is 13.0. The largest absolute Gasteiger partial charge is 0.287 e. The molecule has 0 N–H and O–H groups in total. The first-order valence-corrected chi connectivity index (χ1v) is 13.7. The second-order valence-electron chi connectivity index (χ2n) is 10.4. The zero-order valence-electron chi connectivity index (χ0n) is 20.4. The van der Waals surface area contributed by atoms with E-state index in [0.717, 1.165) is 48.1 Å². The van der Waals surface area contributed by atoms with Crippen LogP contribution in [0.15, 0.2) is 46.0 Å². The van der Waals surface area contributed by atoms with Gasteiger partial charge in [0, 0.05) is 23.9 Å². The van der Waals surface area contributed by atoms with E-state index in [2.05, 4.69) is 4.99 Å². The van der Waals surface area contributed by atoms with Gasteiger partial charge in [-0.05, 0) is 37.2 Å². The lowest BCUT2D eigenvalue weighted by atomic mass is 9.86. The molecule has 0 aromatic heterocycles. The van der Waals surface area contributed by atoms with E-state index < -0.39 is 0 Å². The Balaban J connectivity index is 1.31. The van der Waals surface area contributed by atoms with Gasteiger partial charge in [-0.3, -0.25) is 14.8 Å². The van der Waals surface area contributed by atoms with Crippen LogP contribution in [-0.2, 0) is 0 Å². The van der Waals surface area contributed by atoms with E-state index in [1.165, 1.54) is 89.9 Å². The fourth-order valence-electron chi connectivity index (χ4n) is 5.90. The fraction of sp³-hybridized carbons (Fsp3) is 0.633. The van der Waals surface area contributed by atoms with Gasteiger partial charge in [-0.2, -0.15) is 0 Å². The maximum Gasteiger partial charge on any atom is 0.212 e. The van der Waals surface area contributed by atoms with E-state index in [4.69, 9.17) is 4.99 Å². The van der Waals surface area contributed by atoms with Crippen molar-refractivity contribution in [3.8, 4) is 0 Å². The number of benzene rings is 1. The first kappa shape index (κ1) is 24.1. The Hall–Kier alpha value is -2.03. The molecule has 0 atom stereocenters. The van der Waals surface area contributed by atoms with Gasteiger partial charge in [-0.25, -0.2) is 0 Å². The Morgan fingerprint density at radius 2 is 1.42 bits per heavy atom. The van der Waals surface area contributed by atoms with Gasteiger partial charge in [0.05, 0.1) is 5.71 Å². The van der Waals surface area contributed by atoms with Gasteiger partial charge in [0.15, 0.2) is 0 Å². The Bertz CT molecular complexity index is 854. The van der Waals surface area contributed by atoms with Crippen molar-refractivity contribution < 1.29 is 4.79 Å². The van der Waals surface area contributed by atoms with Crippen LogP contribution in [0.1, 0.15) is 119 Å². The van der Waals surface area contributed by atoms with Crippen molar-refractivity contribution in [1.82, 2.24) is 0 Å². The van der Waals surface area contributed by atoms with E-state index in [1.807, 2.05) is 36.6 Å². The molecule has 1 aromatic carbocycles. The molecule has 33 heavy (non-hydrogen) atoms. The first-order valence-electron chi connectivity index (χ1n) is 13.7.